The summed E-state index contributed by atoms with van der Waals surface area (Å²) in [6.45, 7) is 7.73. The van der Waals surface area contributed by atoms with E-state index in [2.05, 4.69) is 31.9 Å². The Balaban J connectivity index is 1.56. The third-order valence-corrected chi connectivity index (χ3v) is 4.38. The zero-order valence-corrected chi connectivity index (χ0v) is 11.9. The Morgan fingerprint density at radius 1 is 1.16 bits per heavy atom. The summed E-state index contributed by atoms with van der Waals surface area (Å²) in [7, 11) is 0. The molecule has 0 aliphatic carbocycles. The number of fused-ring (bicyclic) bond motifs is 1. The molecule has 0 spiro atoms. The molecule has 1 fully saturated rings. The minimum absolute atomic E-state index is 0.716. The number of hydrogen-bond acceptors (Lipinski definition) is 4. The van der Waals surface area contributed by atoms with Crippen LogP contribution in [0, 0.1) is 0 Å². The van der Waals surface area contributed by atoms with Crippen LogP contribution in [0.2, 0.25) is 0 Å². The second-order valence-electron chi connectivity index (χ2n) is 5.75. The van der Waals surface area contributed by atoms with Gasteiger partial charge >= 0.3 is 0 Å². The van der Waals surface area contributed by atoms with E-state index in [0.717, 1.165) is 26.1 Å². The molecule has 0 bridgehead atoms. The van der Waals surface area contributed by atoms with Crippen molar-refractivity contribution >= 4 is 0 Å². The van der Waals surface area contributed by atoms with Gasteiger partial charge in [-0.25, -0.2) is 0 Å². The lowest BCUT2D eigenvalue weighted by atomic mass is 10.1. The largest absolute Gasteiger partial charge is 0.314 e. The molecule has 1 N–H and O–H groups in total. The molecule has 19 heavy (non-hydrogen) atoms. The smallest absolute Gasteiger partial charge is 0.147 e. The molecule has 1 aromatic rings. The molecule has 106 valence electrons. The highest BCUT2D eigenvalue weighted by atomic mass is 15.3. The second-order valence-corrected chi connectivity index (χ2v) is 5.75. The van der Waals surface area contributed by atoms with Gasteiger partial charge in [-0.1, -0.05) is 6.92 Å². The lowest BCUT2D eigenvalue weighted by molar-refractivity contribution is 0.185. The van der Waals surface area contributed by atoms with Gasteiger partial charge in [-0.15, -0.1) is 10.2 Å². The molecule has 1 saturated heterocycles. The van der Waals surface area contributed by atoms with Crippen LogP contribution in [0.3, 0.4) is 0 Å². The van der Waals surface area contributed by atoms with Crippen LogP contribution in [-0.2, 0) is 19.5 Å². The van der Waals surface area contributed by atoms with Crippen molar-refractivity contribution in [3.05, 3.63) is 11.6 Å². The molecule has 0 radical (unpaired) electrons. The Morgan fingerprint density at radius 2 is 2.00 bits per heavy atom. The van der Waals surface area contributed by atoms with Gasteiger partial charge in [0.15, 0.2) is 0 Å². The molecular weight excluding hydrogens is 238 g/mol. The molecule has 2 aliphatic rings. The molecule has 5 heteroatoms. The van der Waals surface area contributed by atoms with Crippen LogP contribution in [0.15, 0.2) is 0 Å². The molecule has 0 saturated carbocycles. The quantitative estimate of drug-likeness (QED) is 0.886. The first-order valence-electron chi connectivity index (χ1n) is 7.73. The summed E-state index contributed by atoms with van der Waals surface area (Å²) < 4.78 is 2.35. The number of aromatic nitrogens is 3. The predicted molar refractivity (Wildman–Crippen MR) is 74.9 cm³/mol. The Hall–Kier alpha value is -0.940. The highest BCUT2D eigenvalue weighted by Gasteiger charge is 2.22. The van der Waals surface area contributed by atoms with E-state index in [9.17, 15) is 0 Å². The van der Waals surface area contributed by atoms with E-state index in [1.807, 2.05) is 0 Å². The maximum atomic E-state index is 4.40. The molecule has 5 nitrogen and oxygen atoms in total. The molecule has 1 aromatic heterocycles. The molecule has 3 heterocycles. The van der Waals surface area contributed by atoms with E-state index in [-0.39, 0.29) is 0 Å². The van der Waals surface area contributed by atoms with Crippen molar-refractivity contribution in [3.8, 4) is 0 Å². The average Bonchev–Trinajstić information content (AvgIpc) is 2.85. The van der Waals surface area contributed by atoms with Crippen molar-refractivity contribution in [3.63, 3.8) is 0 Å². The fourth-order valence-electron chi connectivity index (χ4n) is 3.27. The van der Waals surface area contributed by atoms with E-state index in [1.165, 1.54) is 50.4 Å². The van der Waals surface area contributed by atoms with Crippen molar-refractivity contribution in [1.29, 1.82) is 0 Å². The van der Waals surface area contributed by atoms with Gasteiger partial charge in [0.05, 0.1) is 6.54 Å². The van der Waals surface area contributed by atoms with E-state index >= 15 is 0 Å². The predicted octanol–water partition coefficient (Wildman–Crippen LogP) is 1.19. The summed E-state index contributed by atoms with van der Waals surface area (Å²) in [5, 5.41) is 12.3. The molecule has 0 aromatic carbocycles. The monoisotopic (exact) mass is 263 g/mol. The molecular formula is C14H25N5. The Labute approximate surface area is 115 Å². The molecule has 2 aliphatic heterocycles. The number of nitrogens with one attached hydrogen (secondary N) is 1. The number of likely N-dealkylation sites (tertiary alicyclic amines) is 1. The Morgan fingerprint density at radius 3 is 2.79 bits per heavy atom. The molecule has 0 unspecified atom stereocenters. The third-order valence-electron chi connectivity index (χ3n) is 4.38. The standard InChI is InChI=1S/C14H25N5/c1-2-15-12-6-9-18(10-7-12)11-14-17-16-13-5-3-4-8-19(13)14/h12,15H,2-11H2,1H3. The number of hydrogen-bond donors (Lipinski definition) is 1. The van der Waals surface area contributed by atoms with Crippen LogP contribution in [0.25, 0.3) is 0 Å². The van der Waals surface area contributed by atoms with Gasteiger partial charge in [0, 0.05) is 32.1 Å². The van der Waals surface area contributed by atoms with Crippen LogP contribution in [0.4, 0.5) is 0 Å². The second kappa shape index (κ2) is 6.01. The number of piperidine rings is 1. The fourth-order valence-corrected chi connectivity index (χ4v) is 3.27. The summed E-state index contributed by atoms with van der Waals surface area (Å²) >= 11 is 0. The SMILES string of the molecule is CCNC1CCN(Cc2nnc3n2CCCC3)CC1. The third kappa shape index (κ3) is 2.98. The first-order valence-corrected chi connectivity index (χ1v) is 7.73. The van der Waals surface area contributed by atoms with Gasteiger partial charge in [-0.05, 0) is 32.2 Å². The van der Waals surface area contributed by atoms with Gasteiger partial charge in [-0.2, -0.15) is 0 Å². The summed E-state index contributed by atoms with van der Waals surface area (Å²) in [6.07, 6.45) is 6.17. The van der Waals surface area contributed by atoms with E-state index < -0.39 is 0 Å². The van der Waals surface area contributed by atoms with Gasteiger partial charge in [-0.3, -0.25) is 4.90 Å². The van der Waals surface area contributed by atoms with Crippen LogP contribution in [0.5, 0.6) is 0 Å². The molecule has 0 amide bonds. The summed E-state index contributed by atoms with van der Waals surface area (Å²) in [4.78, 5) is 2.53. The van der Waals surface area contributed by atoms with Gasteiger partial charge in [0.25, 0.3) is 0 Å². The zero-order chi connectivity index (χ0) is 13.1. The summed E-state index contributed by atoms with van der Waals surface area (Å²) in [6, 6.07) is 0.716. The van der Waals surface area contributed by atoms with E-state index in [1.54, 1.807) is 0 Å². The number of rotatable bonds is 4. The van der Waals surface area contributed by atoms with E-state index in [0.29, 0.717) is 6.04 Å². The minimum Gasteiger partial charge on any atom is -0.314 e. The van der Waals surface area contributed by atoms with Crippen LogP contribution in [-0.4, -0.2) is 45.3 Å². The van der Waals surface area contributed by atoms with E-state index in [4.69, 9.17) is 0 Å². The van der Waals surface area contributed by atoms with Crippen molar-refractivity contribution in [2.45, 2.75) is 58.2 Å². The Kier molecular flexibility index (Phi) is 4.13. The van der Waals surface area contributed by atoms with Crippen molar-refractivity contribution in [1.82, 2.24) is 25.0 Å². The van der Waals surface area contributed by atoms with Crippen LogP contribution < -0.4 is 5.32 Å². The lowest BCUT2D eigenvalue weighted by Crippen LogP contribution is -2.42. The van der Waals surface area contributed by atoms with Crippen molar-refractivity contribution in [2.75, 3.05) is 19.6 Å². The van der Waals surface area contributed by atoms with Crippen LogP contribution >= 0.6 is 0 Å². The zero-order valence-electron chi connectivity index (χ0n) is 11.9. The first kappa shape index (κ1) is 13.1. The van der Waals surface area contributed by atoms with Crippen molar-refractivity contribution in [2.24, 2.45) is 0 Å². The number of nitrogens with zero attached hydrogens (tertiary/aromatic N) is 4. The maximum absolute atomic E-state index is 4.40. The van der Waals surface area contributed by atoms with Crippen LogP contribution in [0.1, 0.15) is 44.3 Å². The summed E-state index contributed by atoms with van der Waals surface area (Å²) in [5.74, 6) is 2.38. The highest BCUT2D eigenvalue weighted by molar-refractivity contribution is 4.99. The lowest BCUT2D eigenvalue weighted by Gasteiger charge is -2.32. The van der Waals surface area contributed by atoms with Gasteiger partial charge in [0.2, 0.25) is 0 Å². The van der Waals surface area contributed by atoms with Gasteiger partial charge in [0.1, 0.15) is 11.6 Å². The molecule has 3 rings (SSSR count). The minimum atomic E-state index is 0.716. The molecule has 0 atom stereocenters. The fraction of sp³-hybridized carbons (Fsp3) is 0.857. The summed E-state index contributed by atoms with van der Waals surface area (Å²) in [5.41, 5.74) is 0. The highest BCUT2D eigenvalue weighted by Crippen LogP contribution is 2.17. The normalized spacial score (nSPS) is 21.5. The first-order chi connectivity index (χ1) is 9.36. The van der Waals surface area contributed by atoms with Gasteiger partial charge < -0.3 is 9.88 Å². The topological polar surface area (TPSA) is 46.0 Å². The maximum Gasteiger partial charge on any atom is 0.147 e. The Bertz CT molecular complexity index is 406. The number of aryl methyl sites for hydroxylation is 1. The van der Waals surface area contributed by atoms with Crippen molar-refractivity contribution < 1.29 is 0 Å². The average molecular weight is 263 g/mol.